The van der Waals surface area contributed by atoms with Crippen LogP contribution in [0.5, 0.6) is 0 Å². The Balaban J connectivity index is 2.03. The Labute approximate surface area is 234 Å². The van der Waals surface area contributed by atoms with E-state index in [1.807, 2.05) is 31.1 Å². The molecule has 0 spiro atoms. The number of amides is 2. The van der Waals surface area contributed by atoms with Gasteiger partial charge < -0.3 is 15.1 Å². The van der Waals surface area contributed by atoms with Crippen molar-refractivity contribution < 1.29 is 9.00 Å². The summed E-state index contributed by atoms with van der Waals surface area (Å²) >= 11 is 0. The first kappa shape index (κ1) is 30.5. The van der Waals surface area contributed by atoms with Crippen molar-refractivity contribution in [3.05, 3.63) is 82.9 Å². The molecule has 1 unspecified atom stereocenters. The maximum absolute atomic E-state index is 13.3. The Morgan fingerprint density at radius 2 is 1.41 bits per heavy atom. The van der Waals surface area contributed by atoms with Crippen LogP contribution in [0.3, 0.4) is 0 Å². The van der Waals surface area contributed by atoms with Crippen LogP contribution in [0.4, 0.5) is 10.5 Å². The molecule has 3 rings (SSSR count). The molecular weight excluding hydrogens is 506 g/mol. The zero-order chi connectivity index (χ0) is 28.9. The van der Waals surface area contributed by atoms with Crippen LogP contribution in [0.2, 0.25) is 0 Å². The number of anilines is 1. The highest BCUT2D eigenvalue weighted by atomic mass is 32.2. The molecule has 39 heavy (non-hydrogen) atoms. The van der Waals surface area contributed by atoms with Gasteiger partial charge in [0.15, 0.2) is 0 Å². The van der Waals surface area contributed by atoms with Gasteiger partial charge in [-0.05, 0) is 97.7 Å². The van der Waals surface area contributed by atoms with Crippen molar-refractivity contribution in [1.29, 1.82) is 0 Å². The number of hydrogen-bond donors (Lipinski definition) is 2. The second kappa shape index (κ2) is 12.9. The maximum atomic E-state index is 13.3. The third-order valence-electron chi connectivity index (χ3n) is 6.47. The van der Waals surface area contributed by atoms with Gasteiger partial charge in [0.1, 0.15) is 9.92 Å². The minimum atomic E-state index is -3.41. The van der Waals surface area contributed by atoms with E-state index >= 15 is 0 Å². The van der Waals surface area contributed by atoms with Crippen molar-refractivity contribution in [2.75, 3.05) is 33.5 Å². The molecule has 8 heteroatoms. The summed E-state index contributed by atoms with van der Waals surface area (Å²) in [6.45, 7) is 9.97. The number of rotatable bonds is 9. The van der Waals surface area contributed by atoms with Gasteiger partial charge in [-0.3, -0.25) is 0 Å². The fraction of sp³-hybridized carbons (Fsp3) is 0.387. The van der Waals surface area contributed by atoms with E-state index < -0.39 is 15.9 Å². The van der Waals surface area contributed by atoms with Crippen LogP contribution in [-0.2, 0) is 23.0 Å². The monoisotopic (exact) mass is 549 g/mol. The predicted molar refractivity (Wildman–Crippen MR) is 163 cm³/mol. The predicted octanol–water partition coefficient (Wildman–Crippen LogP) is 6.66. The molecule has 1 atom stereocenters. The van der Waals surface area contributed by atoms with Crippen LogP contribution in [0, 0.1) is 0 Å². The Hall–Kier alpha value is -3.04. The van der Waals surface area contributed by atoms with Crippen LogP contribution in [-0.4, -0.2) is 48.2 Å². The Morgan fingerprint density at radius 3 is 1.92 bits per heavy atom. The van der Waals surface area contributed by atoms with Gasteiger partial charge in [0.05, 0.1) is 4.90 Å². The van der Waals surface area contributed by atoms with Crippen molar-refractivity contribution in [3.63, 3.8) is 0 Å². The number of urea groups is 1. The first-order valence-electron chi connectivity index (χ1n) is 13.3. The molecule has 3 aromatic rings. The SMILES string of the molecule is CC(C)c1cc(-c2ccccc2CN(C)C)cc(C(C)C)c1NC(=O)N=S(N)(=O)c1ccc(CN(C)C)cc1. The zero-order valence-electron chi connectivity index (χ0n) is 24.5. The van der Waals surface area contributed by atoms with Crippen molar-refractivity contribution in [3.8, 4) is 11.1 Å². The van der Waals surface area contributed by atoms with Crippen LogP contribution >= 0.6 is 0 Å². The van der Waals surface area contributed by atoms with Gasteiger partial charge in [-0.1, -0.05) is 64.1 Å². The summed E-state index contributed by atoms with van der Waals surface area (Å²) in [6.07, 6.45) is 0. The second-order valence-electron chi connectivity index (χ2n) is 11.2. The largest absolute Gasteiger partial charge is 0.354 e. The maximum Gasteiger partial charge on any atom is 0.354 e. The summed E-state index contributed by atoms with van der Waals surface area (Å²) in [5.74, 6) is 0.260. The number of carbonyl (C=O) groups is 1. The Kier molecular flexibility index (Phi) is 10.1. The molecule has 2 amide bonds. The van der Waals surface area contributed by atoms with E-state index in [-0.39, 0.29) is 11.8 Å². The quantitative estimate of drug-likeness (QED) is 0.312. The van der Waals surface area contributed by atoms with Crippen LogP contribution in [0.25, 0.3) is 11.1 Å². The minimum absolute atomic E-state index is 0.130. The average molecular weight is 550 g/mol. The van der Waals surface area contributed by atoms with Gasteiger partial charge in [0.25, 0.3) is 0 Å². The lowest BCUT2D eigenvalue weighted by molar-refractivity contribution is 0.260. The highest BCUT2D eigenvalue weighted by Gasteiger charge is 2.20. The number of nitrogens with one attached hydrogen (secondary N) is 1. The van der Waals surface area contributed by atoms with Crippen molar-refractivity contribution in [2.45, 2.75) is 57.5 Å². The van der Waals surface area contributed by atoms with Crippen molar-refractivity contribution >= 4 is 21.6 Å². The molecule has 0 aliphatic rings. The normalized spacial score (nSPS) is 13.3. The zero-order valence-corrected chi connectivity index (χ0v) is 25.3. The van der Waals surface area contributed by atoms with E-state index in [9.17, 15) is 9.00 Å². The molecule has 0 saturated heterocycles. The molecular formula is C31H43N5O2S. The lowest BCUT2D eigenvalue weighted by atomic mass is 9.87. The van der Waals surface area contributed by atoms with E-state index in [0.717, 1.165) is 35.3 Å². The van der Waals surface area contributed by atoms with E-state index in [1.165, 1.54) is 11.1 Å². The molecule has 0 bridgehead atoms. The lowest BCUT2D eigenvalue weighted by Gasteiger charge is -2.23. The van der Waals surface area contributed by atoms with Gasteiger partial charge in [-0.15, -0.1) is 4.36 Å². The average Bonchev–Trinajstić information content (AvgIpc) is 2.83. The van der Waals surface area contributed by atoms with Gasteiger partial charge in [0.2, 0.25) is 0 Å². The third-order valence-corrected chi connectivity index (χ3v) is 7.85. The highest BCUT2D eigenvalue weighted by molar-refractivity contribution is 7.91. The third kappa shape index (κ3) is 7.99. The summed E-state index contributed by atoms with van der Waals surface area (Å²) in [7, 11) is 4.66. The highest BCUT2D eigenvalue weighted by Crippen LogP contribution is 2.38. The van der Waals surface area contributed by atoms with Gasteiger partial charge in [-0.25, -0.2) is 14.1 Å². The molecule has 0 radical (unpaired) electrons. The Bertz CT molecular complexity index is 1390. The molecule has 0 fully saturated rings. The molecule has 3 N–H and O–H groups in total. The lowest BCUT2D eigenvalue weighted by Crippen LogP contribution is -2.19. The summed E-state index contributed by atoms with van der Waals surface area (Å²) < 4.78 is 17.2. The molecule has 0 aromatic heterocycles. The molecule has 0 heterocycles. The summed E-state index contributed by atoms with van der Waals surface area (Å²) in [5.41, 5.74) is 7.26. The molecule has 0 aliphatic carbocycles. The standard InChI is InChI=1S/C31H43N5O2S/c1-21(2)28-17-25(27-12-10-9-11-24(27)20-36(7)8)18-29(22(3)4)30(28)33-31(37)34-39(32,38)26-15-13-23(14-16-26)19-35(5)6/h9-18,21-22H,19-20H2,1-8H3,(H3,32,33,34,37,38). The van der Waals surface area contributed by atoms with E-state index in [0.29, 0.717) is 10.6 Å². The first-order chi connectivity index (χ1) is 18.3. The van der Waals surface area contributed by atoms with E-state index in [1.54, 1.807) is 12.1 Å². The van der Waals surface area contributed by atoms with Crippen LogP contribution in [0.15, 0.2) is 69.9 Å². The van der Waals surface area contributed by atoms with Crippen LogP contribution < -0.4 is 10.5 Å². The molecule has 3 aromatic carbocycles. The Morgan fingerprint density at radius 1 is 0.872 bits per heavy atom. The van der Waals surface area contributed by atoms with Gasteiger partial charge in [-0.2, -0.15) is 0 Å². The second-order valence-corrected chi connectivity index (χ2v) is 13.0. The summed E-state index contributed by atoms with van der Waals surface area (Å²) in [6, 6.07) is 19.0. The molecule has 0 saturated carbocycles. The van der Waals surface area contributed by atoms with E-state index in [2.05, 4.69) is 92.8 Å². The molecule has 0 aliphatic heterocycles. The van der Waals surface area contributed by atoms with Crippen LogP contribution in [0.1, 0.15) is 61.8 Å². The number of nitrogens with zero attached hydrogens (tertiary/aromatic N) is 3. The fourth-order valence-electron chi connectivity index (χ4n) is 4.64. The van der Waals surface area contributed by atoms with E-state index in [4.69, 9.17) is 5.14 Å². The smallest absolute Gasteiger partial charge is 0.305 e. The topological polar surface area (TPSA) is 91.0 Å². The number of hydrogen-bond acceptors (Lipinski definition) is 4. The van der Waals surface area contributed by atoms with Gasteiger partial charge >= 0.3 is 6.03 Å². The van der Waals surface area contributed by atoms with Crippen molar-refractivity contribution in [2.24, 2.45) is 9.50 Å². The first-order valence-corrected chi connectivity index (χ1v) is 14.9. The summed E-state index contributed by atoms with van der Waals surface area (Å²) in [4.78, 5) is 17.7. The minimum Gasteiger partial charge on any atom is -0.305 e. The number of carbonyl (C=O) groups excluding carboxylic acids is 1. The molecule has 210 valence electrons. The number of nitrogens with two attached hydrogens (primary N) is 1. The molecule has 7 nitrogen and oxygen atoms in total. The fourth-order valence-corrected chi connectivity index (χ4v) is 5.56. The van der Waals surface area contributed by atoms with Gasteiger partial charge in [0, 0.05) is 18.8 Å². The number of benzene rings is 3. The van der Waals surface area contributed by atoms with Crippen molar-refractivity contribution in [1.82, 2.24) is 9.80 Å². The summed E-state index contributed by atoms with van der Waals surface area (Å²) in [5, 5.41) is 9.03.